The van der Waals surface area contributed by atoms with Crippen LogP contribution in [-0.2, 0) is 10.8 Å². The van der Waals surface area contributed by atoms with E-state index in [2.05, 4.69) is 0 Å². The first-order chi connectivity index (χ1) is 12.4. The number of aromatic hydroxyl groups is 1. The monoisotopic (exact) mass is 362 g/mol. The van der Waals surface area contributed by atoms with Gasteiger partial charge in [-0.3, -0.25) is 9.59 Å². The van der Waals surface area contributed by atoms with Crippen molar-refractivity contribution in [2.75, 3.05) is 0 Å². The van der Waals surface area contributed by atoms with Gasteiger partial charge >= 0.3 is 0 Å². The lowest BCUT2D eigenvalue weighted by molar-refractivity contribution is 0.100. The summed E-state index contributed by atoms with van der Waals surface area (Å²) in [4.78, 5) is 25.7. The van der Waals surface area contributed by atoms with Gasteiger partial charge in [-0.15, -0.1) is 0 Å². The molecule has 0 radical (unpaired) electrons. The first-order valence-electron chi connectivity index (χ1n) is 9.19. The van der Waals surface area contributed by atoms with Crippen molar-refractivity contribution in [1.29, 1.82) is 0 Å². The lowest BCUT2D eigenvalue weighted by Crippen LogP contribution is -2.20. The van der Waals surface area contributed by atoms with Crippen LogP contribution in [0.25, 0.3) is 5.57 Å². The number of hydrogen-bond donors (Lipinski definition) is 1. The third-order valence-corrected chi connectivity index (χ3v) is 4.99. The molecule has 2 aromatic carbocycles. The van der Waals surface area contributed by atoms with Crippen LogP contribution in [0.15, 0.2) is 42.5 Å². The number of fused-ring (bicyclic) bond motifs is 1. The minimum atomic E-state index is -0.305. The zero-order valence-electron chi connectivity index (χ0n) is 16.8. The maximum Gasteiger partial charge on any atom is 0.194 e. The van der Waals surface area contributed by atoms with E-state index < -0.39 is 0 Å². The smallest absolute Gasteiger partial charge is 0.194 e. The van der Waals surface area contributed by atoms with Crippen molar-refractivity contribution in [3.63, 3.8) is 0 Å². The summed E-state index contributed by atoms with van der Waals surface area (Å²) >= 11 is 0. The Morgan fingerprint density at radius 1 is 0.778 bits per heavy atom. The standard InChI is InChI=1S/C24H26O3/c1-23(2,3)18-11-14(12-19(22(18)27)24(4,5)6)17-13-20(25)15-9-7-8-10-16(15)21(17)26/h7-13,27H,1-6H3. The third-order valence-electron chi connectivity index (χ3n) is 4.99. The van der Waals surface area contributed by atoms with Crippen molar-refractivity contribution < 1.29 is 14.7 Å². The molecule has 3 heteroatoms. The molecule has 1 N–H and O–H groups in total. The molecule has 0 unspecified atom stereocenters. The first kappa shape index (κ1) is 19.1. The number of ketones is 2. The van der Waals surface area contributed by atoms with E-state index in [9.17, 15) is 14.7 Å². The molecule has 0 bridgehead atoms. The normalized spacial score (nSPS) is 14.8. The maximum atomic E-state index is 13.1. The predicted molar refractivity (Wildman–Crippen MR) is 109 cm³/mol. The number of phenolic OH excluding ortho intramolecular Hbond substituents is 1. The predicted octanol–water partition coefficient (Wildman–Crippen LogP) is 5.45. The Hall–Kier alpha value is -2.68. The highest BCUT2D eigenvalue weighted by molar-refractivity contribution is 6.38. The fourth-order valence-electron chi connectivity index (χ4n) is 3.46. The van der Waals surface area contributed by atoms with Crippen LogP contribution in [0.3, 0.4) is 0 Å². The summed E-state index contributed by atoms with van der Waals surface area (Å²) < 4.78 is 0. The van der Waals surface area contributed by atoms with Crippen LogP contribution < -0.4 is 0 Å². The summed E-state index contributed by atoms with van der Waals surface area (Å²) in [6.45, 7) is 12.1. The number of rotatable bonds is 1. The average Bonchev–Trinajstić information content (AvgIpc) is 2.56. The van der Waals surface area contributed by atoms with Gasteiger partial charge in [-0.2, -0.15) is 0 Å². The van der Waals surface area contributed by atoms with Crippen LogP contribution in [-0.4, -0.2) is 16.7 Å². The summed E-state index contributed by atoms with van der Waals surface area (Å²) in [7, 11) is 0. The van der Waals surface area contributed by atoms with Gasteiger partial charge in [0.15, 0.2) is 11.6 Å². The first-order valence-corrected chi connectivity index (χ1v) is 9.19. The maximum absolute atomic E-state index is 13.1. The van der Waals surface area contributed by atoms with E-state index in [4.69, 9.17) is 0 Å². The Bertz CT molecular complexity index is 944. The fraction of sp³-hybridized carbons (Fsp3) is 0.333. The Kier molecular flexibility index (Phi) is 4.38. The van der Waals surface area contributed by atoms with Crippen molar-refractivity contribution in [3.8, 4) is 5.75 Å². The van der Waals surface area contributed by atoms with Crippen molar-refractivity contribution in [2.24, 2.45) is 0 Å². The summed E-state index contributed by atoms with van der Waals surface area (Å²) in [5.41, 5.74) is 2.86. The minimum absolute atomic E-state index is 0.157. The lowest BCUT2D eigenvalue weighted by atomic mass is 9.76. The molecule has 0 atom stereocenters. The topological polar surface area (TPSA) is 54.4 Å². The molecule has 1 aliphatic carbocycles. The Morgan fingerprint density at radius 3 is 1.74 bits per heavy atom. The van der Waals surface area contributed by atoms with Crippen LogP contribution in [0.4, 0.5) is 0 Å². The van der Waals surface area contributed by atoms with Gasteiger partial charge in [0.1, 0.15) is 5.75 Å². The fourth-order valence-corrected chi connectivity index (χ4v) is 3.46. The van der Waals surface area contributed by atoms with E-state index in [1.165, 1.54) is 6.08 Å². The SMILES string of the molecule is CC(C)(C)c1cc(C2=CC(=O)c3ccccc3C2=O)cc(C(C)(C)C)c1O. The molecule has 0 aromatic heterocycles. The van der Waals surface area contributed by atoms with E-state index in [1.54, 1.807) is 24.3 Å². The van der Waals surface area contributed by atoms with Gasteiger partial charge in [0.25, 0.3) is 0 Å². The van der Waals surface area contributed by atoms with Gasteiger partial charge in [0.05, 0.1) is 0 Å². The number of benzene rings is 2. The largest absolute Gasteiger partial charge is 0.507 e. The summed E-state index contributed by atoms with van der Waals surface area (Å²) in [6.07, 6.45) is 1.43. The molecular formula is C24H26O3. The second-order valence-electron chi connectivity index (χ2n) is 9.22. The van der Waals surface area contributed by atoms with E-state index in [0.717, 1.165) is 11.1 Å². The molecule has 27 heavy (non-hydrogen) atoms. The highest BCUT2D eigenvalue weighted by Gasteiger charge is 2.31. The van der Waals surface area contributed by atoms with Crippen LogP contribution in [0.5, 0.6) is 5.75 Å². The van der Waals surface area contributed by atoms with E-state index in [-0.39, 0.29) is 28.1 Å². The van der Waals surface area contributed by atoms with Crippen molar-refractivity contribution >= 4 is 17.1 Å². The molecule has 1 aliphatic rings. The van der Waals surface area contributed by atoms with Crippen LogP contribution in [0.1, 0.15) is 78.9 Å². The highest BCUT2D eigenvalue weighted by atomic mass is 16.3. The highest BCUT2D eigenvalue weighted by Crippen LogP contribution is 2.42. The van der Waals surface area contributed by atoms with Gasteiger partial charge < -0.3 is 5.11 Å². The Morgan fingerprint density at radius 2 is 1.26 bits per heavy atom. The van der Waals surface area contributed by atoms with Crippen molar-refractivity contribution in [2.45, 2.75) is 52.4 Å². The summed E-state index contributed by atoms with van der Waals surface area (Å²) in [5.74, 6) is -0.0622. The molecule has 0 saturated heterocycles. The van der Waals surface area contributed by atoms with Crippen LogP contribution in [0, 0.1) is 0 Å². The number of carbonyl (C=O) groups excluding carboxylic acids is 2. The van der Waals surface area contributed by atoms with Crippen LogP contribution in [0.2, 0.25) is 0 Å². The molecule has 0 heterocycles. The zero-order chi connectivity index (χ0) is 20.1. The zero-order valence-corrected chi connectivity index (χ0v) is 16.8. The molecule has 3 nitrogen and oxygen atoms in total. The van der Waals surface area contributed by atoms with Gasteiger partial charge in [-0.25, -0.2) is 0 Å². The minimum Gasteiger partial charge on any atom is -0.507 e. The van der Waals surface area contributed by atoms with Crippen molar-refractivity contribution in [1.82, 2.24) is 0 Å². The molecular weight excluding hydrogens is 336 g/mol. The third kappa shape index (κ3) is 3.34. The van der Waals surface area contributed by atoms with Crippen LogP contribution >= 0.6 is 0 Å². The van der Waals surface area contributed by atoms with E-state index >= 15 is 0 Å². The van der Waals surface area contributed by atoms with Crippen molar-refractivity contribution in [3.05, 3.63) is 70.3 Å². The molecule has 0 saturated carbocycles. The number of phenols is 1. The molecule has 3 rings (SSSR count). The number of carbonyl (C=O) groups is 2. The Labute approximate surface area is 160 Å². The molecule has 2 aromatic rings. The summed E-state index contributed by atoms with van der Waals surface area (Å²) in [6, 6.07) is 10.6. The second-order valence-corrected chi connectivity index (χ2v) is 9.22. The lowest BCUT2D eigenvalue weighted by Gasteiger charge is -2.29. The number of Topliss-reactive ketones (excluding diaryl/α,β-unsaturated/α-hetero) is 1. The van der Waals surface area contributed by atoms with E-state index in [1.807, 2.05) is 53.7 Å². The molecule has 0 amide bonds. The van der Waals surface area contributed by atoms with Gasteiger partial charge in [0.2, 0.25) is 0 Å². The molecule has 0 aliphatic heterocycles. The van der Waals surface area contributed by atoms with Gasteiger partial charge in [-0.05, 0) is 34.6 Å². The molecule has 0 spiro atoms. The number of allylic oxidation sites excluding steroid dienone is 2. The number of hydrogen-bond acceptors (Lipinski definition) is 3. The van der Waals surface area contributed by atoms with E-state index in [0.29, 0.717) is 22.3 Å². The Balaban J connectivity index is 2.27. The summed E-state index contributed by atoms with van der Waals surface area (Å²) in [5, 5.41) is 10.9. The molecule has 140 valence electrons. The van der Waals surface area contributed by atoms with Gasteiger partial charge in [-0.1, -0.05) is 65.8 Å². The van der Waals surface area contributed by atoms with Gasteiger partial charge in [0, 0.05) is 27.8 Å². The molecule has 0 fully saturated rings. The quantitative estimate of drug-likeness (QED) is 0.734. The average molecular weight is 362 g/mol. The second kappa shape index (κ2) is 6.19.